The fraction of sp³-hybridized carbons (Fsp3) is 0.684. The molecular weight excluding hydrogens is 332 g/mol. The number of likely N-dealkylation sites (tertiary alicyclic amines) is 2. The van der Waals surface area contributed by atoms with Gasteiger partial charge in [0.25, 0.3) is 11.5 Å². The van der Waals surface area contributed by atoms with Crippen molar-refractivity contribution in [2.45, 2.75) is 57.4 Å². The molecule has 1 aromatic heterocycles. The molecule has 4 rings (SSSR count). The van der Waals surface area contributed by atoms with E-state index in [0.717, 1.165) is 38.6 Å². The third kappa shape index (κ3) is 3.15. The van der Waals surface area contributed by atoms with Gasteiger partial charge in [-0.25, -0.2) is 4.98 Å². The number of nitrogens with one attached hydrogen (secondary N) is 1. The molecule has 0 bridgehead atoms. The average Bonchev–Trinajstić information content (AvgIpc) is 3.19. The van der Waals surface area contributed by atoms with Gasteiger partial charge in [0.15, 0.2) is 0 Å². The molecule has 0 aromatic carbocycles. The Bertz CT molecular complexity index is 755. The maximum Gasteiger partial charge on any atom is 0.263 e. The van der Waals surface area contributed by atoms with Crippen molar-refractivity contribution in [1.29, 1.82) is 0 Å². The molecule has 1 aromatic rings. The average molecular weight is 358 g/mol. The van der Waals surface area contributed by atoms with Crippen LogP contribution in [0.3, 0.4) is 0 Å². The summed E-state index contributed by atoms with van der Waals surface area (Å²) in [7, 11) is 0. The molecule has 7 nitrogen and oxygen atoms in total. The minimum absolute atomic E-state index is 0.0284. The predicted octanol–water partition coefficient (Wildman–Crippen LogP) is 1.56. The van der Waals surface area contributed by atoms with Crippen molar-refractivity contribution in [3.63, 3.8) is 0 Å². The predicted molar refractivity (Wildman–Crippen MR) is 95.6 cm³/mol. The van der Waals surface area contributed by atoms with Gasteiger partial charge in [-0.2, -0.15) is 0 Å². The lowest BCUT2D eigenvalue weighted by atomic mass is 9.73. The van der Waals surface area contributed by atoms with Gasteiger partial charge in [0.1, 0.15) is 5.56 Å². The van der Waals surface area contributed by atoms with Crippen LogP contribution in [0.5, 0.6) is 0 Å². The van der Waals surface area contributed by atoms with Gasteiger partial charge in [0, 0.05) is 43.7 Å². The van der Waals surface area contributed by atoms with Crippen molar-refractivity contribution in [2.75, 3.05) is 19.6 Å². The van der Waals surface area contributed by atoms with Crippen LogP contribution in [0.4, 0.5) is 0 Å². The fourth-order valence-electron chi connectivity index (χ4n) is 4.97. The van der Waals surface area contributed by atoms with Crippen LogP contribution in [0.15, 0.2) is 17.3 Å². The van der Waals surface area contributed by atoms with E-state index in [1.807, 2.05) is 0 Å². The normalized spacial score (nSPS) is 27.3. The number of aromatic nitrogens is 2. The van der Waals surface area contributed by atoms with Crippen LogP contribution >= 0.6 is 0 Å². The summed E-state index contributed by atoms with van der Waals surface area (Å²) in [6, 6.07) is 0.381. The molecule has 1 unspecified atom stereocenters. The van der Waals surface area contributed by atoms with Crippen molar-refractivity contribution in [3.8, 4) is 0 Å². The molecule has 3 heterocycles. The van der Waals surface area contributed by atoms with Gasteiger partial charge in [-0.3, -0.25) is 14.4 Å². The molecule has 1 saturated carbocycles. The summed E-state index contributed by atoms with van der Waals surface area (Å²) in [6.45, 7) is 2.03. The number of rotatable bonds is 2. The number of nitrogens with zero attached hydrogens (tertiary/aromatic N) is 3. The van der Waals surface area contributed by atoms with Gasteiger partial charge < -0.3 is 14.8 Å². The van der Waals surface area contributed by atoms with Crippen LogP contribution in [-0.2, 0) is 4.79 Å². The maximum absolute atomic E-state index is 12.8. The first-order chi connectivity index (χ1) is 12.6. The van der Waals surface area contributed by atoms with Crippen molar-refractivity contribution >= 4 is 11.8 Å². The van der Waals surface area contributed by atoms with E-state index >= 15 is 0 Å². The molecule has 0 radical (unpaired) electrons. The highest BCUT2D eigenvalue weighted by molar-refractivity contribution is 5.93. The number of aromatic amines is 1. The lowest BCUT2D eigenvalue weighted by Crippen LogP contribution is -2.57. The minimum Gasteiger partial charge on any atom is -0.339 e. The number of carbonyl (C=O) groups is 2. The zero-order valence-corrected chi connectivity index (χ0v) is 15.1. The number of hydrogen-bond acceptors (Lipinski definition) is 4. The van der Waals surface area contributed by atoms with Gasteiger partial charge >= 0.3 is 0 Å². The van der Waals surface area contributed by atoms with Crippen molar-refractivity contribution < 1.29 is 9.59 Å². The van der Waals surface area contributed by atoms with E-state index in [0.29, 0.717) is 25.6 Å². The van der Waals surface area contributed by atoms with Crippen LogP contribution in [0.2, 0.25) is 0 Å². The van der Waals surface area contributed by atoms with E-state index in [2.05, 4.69) is 14.9 Å². The van der Waals surface area contributed by atoms with Gasteiger partial charge in [-0.05, 0) is 32.1 Å². The Balaban J connectivity index is 1.52. The zero-order chi connectivity index (χ0) is 18.1. The standard InChI is InChI=1S/C19H26N4O3/c24-16-6-8-19(12-23(16)14-4-1-2-5-14)7-3-9-22(11-19)18(26)15-10-20-13-21-17(15)25/h10,13-14H,1-9,11-12H2,(H,20,21,25). The Morgan fingerprint density at radius 2 is 1.96 bits per heavy atom. The fourth-order valence-corrected chi connectivity index (χ4v) is 4.97. The molecule has 26 heavy (non-hydrogen) atoms. The largest absolute Gasteiger partial charge is 0.339 e. The number of H-pyrrole nitrogens is 1. The van der Waals surface area contributed by atoms with E-state index in [4.69, 9.17) is 0 Å². The molecule has 1 aliphatic carbocycles. The first-order valence-corrected chi connectivity index (χ1v) is 9.69. The molecule has 3 fully saturated rings. The summed E-state index contributed by atoms with van der Waals surface area (Å²) >= 11 is 0. The van der Waals surface area contributed by atoms with Crippen LogP contribution in [0, 0.1) is 5.41 Å². The van der Waals surface area contributed by atoms with Gasteiger partial charge in [-0.15, -0.1) is 0 Å². The highest BCUT2D eigenvalue weighted by Crippen LogP contribution is 2.41. The number of hydrogen-bond donors (Lipinski definition) is 1. The topological polar surface area (TPSA) is 86.4 Å². The lowest BCUT2D eigenvalue weighted by Gasteiger charge is -2.49. The van der Waals surface area contributed by atoms with Crippen molar-refractivity contribution in [3.05, 3.63) is 28.4 Å². The smallest absolute Gasteiger partial charge is 0.263 e. The highest BCUT2D eigenvalue weighted by Gasteiger charge is 2.44. The summed E-state index contributed by atoms with van der Waals surface area (Å²) in [5, 5.41) is 0. The molecule has 1 atom stereocenters. The Kier molecular flexibility index (Phi) is 4.54. The van der Waals surface area contributed by atoms with E-state index < -0.39 is 5.56 Å². The Morgan fingerprint density at radius 1 is 1.15 bits per heavy atom. The van der Waals surface area contributed by atoms with Crippen molar-refractivity contribution in [2.24, 2.45) is 5.41 Å². The van der Waals surface area contributed by atoms with Crippen molar-refractivity contribution in [1.82, 2.24) is 19.8 Å². The second kappa shape index (κ2) is 6.85. The summed E-state index contributed by atoms with van der Waals surface area (Å²) < 4.78 is 0. The highest BCUT2D eigenvalue weighted by atomic mass is 16.2. The van der Waals surface area contributed by atoms with E-state index in [1.54, 1.807) is 4.90 Å². The molecule has 2 amide bonds. The van der Waals surface area contributed by atoms with Gasteiger partial charge in [-0.1, -0.05) is 12.8 Å². The second-order valence-corrected chi connectivity index (χ2v) is 8.08. The molecule has 2 saturated heterocycles. The number of carbonyl (C=O) groups excluding carboxylic acids is 2. The minimum atomic E-state index is -0.393. The SMILES string of the molecule is O=C(c1cnc[nH]c1=O)N1CCCC2(CCC(=O)N(C3CCCC3)C2)C1. The summed E-state index contributed by atoms with van der Waals surface area (Å²) in [4.78, 5) is 47.5. The summed E-state index contributed by atoms with van der Waals surface area (Å²) in [5.41, 5.74) is -0.320. The monoisotopic (exact) mass is 358 g/mol. The van der Waals surface area contributed by atoms with Crippen LogP contribution in [0.25, 0.3) is 0 Å². The Morgan fingerprint density at radius 3 is 2.73 bits per heavy atom. The Labute approximate surface area is 152 Å². The molecule has 3 aliphatic rings. The molecule has 1 N–H and O–H groups in total. The first kappa shape index (κ1) is 17.2. The lowest BCUT2D eigenvalue weighted by molar-refractivity contribution is -0.142. The van der Waals surface area contributed by atoms with Gasteiger partial charge in [0.2, 0.25) is 5.91 Å². The number of piperidine rings is 2. The quantitative estimate of drug-likeness (QED) is 0.869. The number of amides is 2. The summed E-state index contributed by atoms with van der Waals surface area (Å²) in [6.07, 6.45) is 10.6. The molecule has 2 aliphatic heterocycles. The summed E-state index contributed by atoms with van der Waals surface area (Å²) in [5.74, 6) is 0.0254. The van der Waals surface area contributed by atoms with E-state index in [9.17, 15) is 14.4 Å². The van der Waals surface area contributed by atoms with Gasteiger partial charge in [0.05, 0.1) is 6.33 Å². The van der Waals surface area contributed by atoms with Crippen LogP contribution in [-0.4, -0.2) is 57.3 Å². The van der Waals surface area contributed by atoms with Crippen LogP contribution < -0.4 is 5.56 Å². The molecular formula is C19H26N4O3. The zero-order valence-electron chi connectivity index (χ0n) is 15.1. The van der Waals surface area contributed by atoms with E-state index in [1.165, 1.54) is 25.4 Å². The molecule has 140 valence electrons. The maximum atomic E-state index is 12.8. The van der Waals surface area contributed by atoms with E-state index in [-0.39, 0.29) is 22.8 Å². The Hall–Kier alpha value is -2.18. The second-order valence-electron chi connectivity index (χ2n) is 8.08. The van der Waals surface area contributed by atoms with Crippen LogP contribution in [0.1, 0.15) is 61.7 Å². The first-order valence-electron chi connectivity index (χ1n) is 9.69. The third-order valence-electron chi connectivity index (χ3n) is 6.36. The molecule has 1 spiro atoms. The molecule has 7 heteroatoms. The third-order valence-corrected chi connectivity index (χ3v) is 6.36.